The molecule has 0 aliphatic heterocycles. The van der Waals surface area contributed by atoms with E-state index in [-0.39, 0.29) is 5.75 Å². The van der Waals surface area contributed by atoms with Crippen molar-refractivity contribution in [3.05, 3.63) is 59.7 Å². The predicted molar refractivity (Wildman–Crippen MR) is 67.8 cm³/mol. The van der Waals surface area contributed by atoms with Gasteiger partial charge in [0.15, 0.2) is 11.6 Å². The van der Waals surface area contributed by atoms with Crippen LogP contribution < -0.4 is 10.5 Å². The summed E-state index contributed by atoms with van der Waals surface area (Å²) < 4.78 is 18.9. The molecule has 18 heavy (non-hydrogen) atoms. The lowest BCUT2D eigenvalue weighted by atomic mass is 10.0. The van der Waals surface area contributed by atoms with Crippen molar-refractivity contribution in [3.8, 4) is 5.75 Å². The van der Waals surface area contributed by atoms with E-state index in [1.807, 2.05) is 18.2 Å². The smallest absolute Gasteiger partial charge is 0.169 e. The molecule has 0 fully saturated rings. The van der Waals surface area contributed by atoms with Crippen LogP contribution in [0.3, 0.4) is 0 Å². The van der Waals surface area contributed by atoms with Crippen LogP contribution in [-0.4, -0.2) is 12.1 Å². The van der Waals surface area contributed by atoms with Gasteiger partial charge < -0.3 is 10.5 Å². The lowest BCUT2D eigenvalue weighted by molar-refractivity contribution is 0.382. The third-order valence-electron chi connectivity index (χ3n) is 2.77. The van der Waals surface area contributed by atoms with Crippen molar-refractivity contribution in [2.24, 2.45) is 5.73 Å². The van der Waals surface area contributed by atoms with E-state index in [9.17, 15) is 4.39 Å². The Morgan fingerprint density at radius 2 is 2.11 bits per heavy atom. The Morgan fingerprint density at radius 3 is 2.78 bits per heavy atom. The lowest BCUT2D eigenvalue weighted by Gasteiger charge is -2.14. The lowest BCUT2D eigenvalue weighted by Crippen LogP contribution is -2.16. The second kappa shape index (κ2) is 5.60. The van der Waals surface area contributed by atoms with Gasteiger partial charge in [-0.25, -0.2) is 4.39 Å². The molecule has 2 rings (SSSR count). The van der Waals surface area contributed by atoms with Gasteiger partial charge in [-0.05, 0) is 18.2 Å². The van der Waals surface area contributed by atoms with Crippen LogP contribution in [0.4, 0.5) is 4.39 Å². The van der Waals surface area contributed by atoms with Crippen molar-refractivity contribution >= 4 is 0 Å². The molecule has 0 saturated heterocycles. The molecule has 2 N–H and O–H groups in total. The van der Waals surface area contributed by atoms with Crippen LogP contribution in [0, 0.1) is 5.82 Å². The molecule has 3 nitrogen and oxygen atoms in total. The molecule has 1 heterocycles. The highest BCUT2D eigenvalue weighted by molar-refractivity contribution is 5.33. The van der Waals surface area contributed by atoms with Gasteiger partial charge in [-0.2, -0.15) is 0 Å². The normalized spacial score (nSPS) is 12.2. The number of nitrogens with zero attached hydrogens (tertiary/aromatic N) is 1. The first-order valence-corrected chi connectivity index (χ1v) is 5.70. The van der Waals surface area contributed by atoms with Crippen molar-refractivity contribution in [2.75, 3.05) is 7.11 Å². The van der Waals surface area contributed by atoms with Crippen LogP contribution in [0.2, 0.25) is 0 Å². The van der Waals surface area contributed by atoms with Gasteiger partial charge in [0, 0.05) is 29.9 Å². The summed E-state index contributed by atoms with van der Waals surface area (Å²) in [6, 6.07) is 10.1. The van der Waals surface area contributed by atoms with E-state index in [2.05, 4.69) is 4.98 Å². The van der Waals surface area contributed by atoms with E-state index < -0.39 is 11.9 Å². The van der Waals surface area contributed by atoms with Crippen LogP contribution in [-0.2, 0) is 6.42 Å². The van der Waals surface area contributed by atoms with Gasteiger partial charge in [0.05, 0.1) is 7.11 Å². The third-order valence-corrected chi connectivity index (χ3v) is 2.77. The molecule has 0 saturated carbocycles. The first-order chi connectivity index (χ1) is 8.72. The highest BCUT2D eigenvalue weighted by atomic mass is 19.1. The molecule has 0 radical (unpaired) electrons. The number of hydrogen-bond donors (Lipinski definition) is 1. The Balaban J connectivity index is 2.21. The molecule has 0 aliphatic rings. The summed E-state index contributed by atoms with van der Waals surface area (Å²) >= 11 is 0. The number of aromatic nitrogens is 1. The largest absolute Gasteiger partial charge is 0.494 e. The summed E-state index contributed by atoms with van der Waals surface area (Å²) in [5.74, 6) is -0.188. The quantitative estimate of drug-likeness (QED) is 0.901. The maximum atomic E-state index is 14.0. The van der Waals surface area contributed by atoms with Crippen LogP contribution >= 0.6 is 0 Å². The number of methoxy groups -OCH3 is 1. The van der Waals surface area contributed by atoms with Crippen LogP contribution in [0.1, 0.15) is 17.3 Å². The minimum atomic E-state index is -0.435. The van der Waals surface area contributed by atoms with E-state index in [0.29, 0.717) is 12.0 Å². The molecule has 1 atom stereocenters. The number of nitrogens with two attached hydrogens (primary N) is 1. The molecule has 1 aromatic heterocycles. The maximum absolute atomic E-state index is 14.0. The van der Waals surface area contributed by atoms with Crippen molar-refractivity contribution in [1.29, 1.82) is 0 Å². The molecule has 0 bridgehead atoms. The molecule has 1 aromatic carbocycles. The number of rotatable bonds is 4. The summed E-state index contributed by atoms with van der Waals surface area (Å²) in [4.78, 5) is 4.18. The van der Waals surface area contributed by atoms with Crippen LogP contribution in [0.15, 0.2) is 42.6 Å². The van der Waals surface area contributed by atoms with Gasteiger partial charge in [-0.15, -0.1) is 0 Å². The molecule has 0 amide bonds. The van der Waals surface area contributed by atoms with E-state index >= 15 is 0 Å². The highest BCUT2D eigenvalue weighted by Gasteiger charge is 2.15. The first-order valence-electron chi connectivity index (χ1n) is 5.70. The van der Waals surface area contributed by atoms with Gasteiger partial charge in [0.2, 0.25) is 0 Å². The zero-order valence-electron chi connectivity index (χ0n) is 10.1. The second-order valence-corrected chi connectivity index (χ2v) is 4.00. The Labute approximate surface area is 105 Å². The fourth-order valence-corrected chi connectivity index (χ4v) is 1.83. The topological polar surface area (TPSA) is 48.1 Å². The average Bonchev–Trinajstić information content (AvgIpc) is 2.40. The predicted octanol–water partition coefficient (Wildman–Crippen LogP) is 2.47. The minimum Gasteiger partial charge on any atom is -0.494 e. The number of ether oxygens (including phenoxy) is 1. The number of pyridine rings is 1. The summed E-state index contributed by atoms with van der Waals surface area (Å²) in [6.45, 7) is 0. The summed E-state index contributed by atoms with van der Waals surface area (Å²) in [6.07, 6.45) is 2.19. The van der Waals surface area contributed by atoms with Crippen molar-refractivity contribution in [3.63, 3.8) is 0 Å². The molecule has 4 heteroatoms. The average molecular weight is 246 g/mol. The van der Waals surface area contributed by atoms with Gasteiger partial charge in [0.25, 0.3) is 0 Å². The van der Waals surface area contributed by atoms with Crippen LogP contribution in [0.5, 0.6) is 5.75 Å². The number of benzene rings is 1. The number of halogens is 1. The van der Waals surface area contributed by atoms with Gasteiger partial charge in [-0.1, -0.05) is 18.2 Å². The fourth-order valence-electron chi connectivity index (χ4n) is 1.83. The monoisotopic (exact) mass is 246 g/mol. The van der Waals surface area contributed by atoms with Crippen LogP contribution in [0.25, 0.3) is 0 Å². The maximum Gasteiger partial charge on any atom is 0.169 e. The van der Waals surface area contributed by atoms with E-state index in [0.717, 1.165) is 5.69 Å². The third kappa shape index (κ3) is 2.65. The zero-order chi connectivity index (χ0) is 13.0. The van der Waals surface area contributed by atoms with E-state index in [4.69, 9.17) is 10.5 Å². The molecular weight excluding hydrogens is 231 g/mol. The highest BCUT2D eigenvalue weighted by Crippen LogP contribution is 2.25. The van der Waals surface area contributed by atoms with E-state index in [1.165, 1.54) is 7.11 Å². The Hall–Kier alpha value is -1.94. The Bertz CT molecular complexity index is 516. The van der Waals surface area contributed by atoms with Crippen molar-refractivity contribution in [2.45, 2.75) is 12.5 Å². The van der Waals surface area contributed by atoms with Gasteiger partial charge >= 0.3 is 0 Å². The Kier molecular flexibility index (Phi) is 3.89. The SMILES string of the molecule is COc1cccc(C(N)Cc2ccccn2)c1F. The molecule has 1 unspecified atom stereocenters. The van der Waals surface area contributed by atoms with Gasteiger partial charge in [0.1, 0.15) is 0 Å². The fraction of sp³-hybridized carbons (Fsp3) is 0.214. The zero-order valence-corrected chi connectivity index (χ0v) is 10.1. The minimum absolute atomic E-state index is 0.212. The van der Waals surface area contributed by atoms with E-state index in [1.54, 1.807) is 24.4 Å². The number of hydrogen-bond acceptors (Lipinski definition) is 3. The Morgan fingerprint density at radius 1 is 1.28 bits per heavy atom. The second-order valence-electron chi connectivity index (χ2n) is 4.00. The first kappa shape index (κ1) is 12.5. The standard InChI is InChI=1S/C14H15FN2O/c1-18-13-7-4-6-11(14(13)15)12(16)9-10-5-2-3-8-17-10/h2-8,12H,9,16H2,1H3. The summed E-state index contributed by atoms with van der Waals surface area (Å²) in [7, 11) is 1.44. The molecule has 0 aliphatic carbocycles. The molecule has 94 valence electrons. The summed E-state index contributed by atoms with van der Waals surface area (Å²) in [5.41, 5.74) is 7.30. The van der Waals surface area contributed by atoms with Crippen molar-refractivity contribution < 1.29 is 9.13 Å². The molecular formula is C14H15FN2O. The van der Waals surface area contributed by atoms with Crippen molar-refractivity contribution in [1.82, 2.24) is 4.98 Å². The van der Waals surface area contributed by atoms with Gasteiger partial charge in [-0.3, -0.25) is 4.98 Å². The molecule has 2 aromatic rings. The summed E-state index contributed by atoms with van der Waals surface area (Å²) in [5, 5.41) is 0. The molecule has 0 spiro atoms.